The summed E-state index contributed by atoms with van der Waals surface area (Å²) in [6, 6.07) is 7.60. The number of carbonyl (C=O) groups excluding carboxylic acids is 1. The largest absolute Gasteiger partial charge is 0.444 e. The summed E-state index contributed by atoms with van der Waals surface area (Å²) in [6.45, 7) is 7.18. The zero-order chi connectivity index (χ0) is 17.7. The highest BCUT2D eigenvalue weighted by Gasteiger charge is 2.21. The van der Waals surface area contributed by atoms with E-state index in [4.69, 9.17) is 9.15 Å². The number of thioether (sulfide) groups is 1. The van der Waals surface area contributed by atoms with Gasteiger partial charge in [-0.3, -0.25) is 0 Å². The molecule has 1 aromatic carbocycles. The van der Waals surface area contributed by atoms with Gasteiger partial charge in [0.2, 0.25) is 5.89 Å². The van der Waals surface area contributed by atoms with E-state index < -0.39 is 17.7 Å². The second kappa shape index (κ2) is 8.02. The summed E-state index contributed by atoms with van der Waals surface area (Å²) in [5.74, 6) is 1.06. The van der Waals surface area contributed by atoms with Crippen molar-refractivity contribution in [3.63, 3.8) is 0 Å². The van der Waals surface area contributed by atoms with Gasteiger partial charge in [0.25, 0.3) is 5.22 Å². The molecule has 0 unspecified atom stereocenters. The van der Waals surface area contributed by atoms with Crippen molar-refractivity contribution >= 4 is 33.8 Å². The lowest BCUT2D eigenvalue weighted by molar-refractivity contribution is 0.0500. The Labute approximate surface area is 153 Å². The number of nitrogens with one attached hydrogen (secondary N) is 1. The van der Waals surface area contributed by atoms with Crippen LogP contribution in [0.15, 0.2) is 38.4 Å². The Morgan fingerprint density at radius 2 is 2.17 bits per heavy atom. The molecule has 0 aliphatic heterocycles. The van der Waals surface area contributed by atoms with Crippen molar-refractivity contribution in [1.29, 1.82) is 0 Å². The Morgan fingerprint density at radius 1 is 1.42 bits per heavy atom. The van der Waals surface area contributed by atoms with E-state index in [9.17, 15) is 4.79 Å². The molecule has 1 heterocycles. The van der Waals surface area contributed by atoms with Crippen LogP contribution in [0.1, 0.15) is 45.2 Å². The second-order valence-corrected chi connectivity index (χ2v) is 8.03. The van der Waals surface area contributed by atoms with Gasteiger partial charge in [-0.2, -0.15) is 0 Å². The van der Waals surface area contributed by atoms with E-state index in [0.29, 0.717) is 11.1 Å². The lowest BCUT2D eigenvalue weighted by Crippen LogP contribution is -2.34. The highest BCUT2D eigenvalue weighted by molar-refractivity contribution is 9.10. The summed E-state index contributed by atoms with van der Waals surface area (Å²) in [7, 11) is 0. The first-order valence-electron chi connectivity index (χ1n) is 7.43. The van der Waals surface area contributed by atoms with Gasteiger partial charge in [0.1, 0.15) is 11.6 Å². The molecule has 1 N–H and O–H groups in total. The molecule has 0 saturated carbocycles. The summed E-state index contributed by atoms with van der Waals surface area (Å²) in [5, 5.41) is 11.1. The maximum Gasteiger partial charge on any atom is 0.408 e. The Bertz CT molecular complexity index is 700. The van der Waals surface area contributed by atoms with E-state index in [-0.39, 0.29) is 0 Å². The number of nitrogens with zero attached hydrogens (tertiary/aromatic N) is 2. The van der Waals surface area contributed by atoms with Crippen LogP contribution in [0.5, 0.6) is 0 Å². The number of halogens is 1. The van der Waals surface area contributed by atoms with Gasteiger partial charge in [-0.1, -0.05) is 39.8 Å². The zero-order valence-corrected chi connectivity index (χ0v) is 16.4. The van der Waals surface area contributed by atoms with Crippen LogP contribution in [0.2, 0.25) is 0 Å². The molecule has 0 fully saturated rings. The van der Waals surface area contributed by atoms with Gasteiger partial charge in [0.05, 0.1) is 0 Å². The highest BCUT2D eigenvalue weighted by Crippen LogP contribution is 2.24. The normalized spacial score (nSPS) is 12.7. The molecule has 6 nitrogen and oxygen atoms in total. The van der Waals surface area contributed by atoms with E-state index in [2.05, 4.69) is 31.4 Å². The van der Waals surface area contributed by atoms with Crippen molar-refractivity contribution in [3.8, 4) is 0 Å². The van der Waals surface area contributed by atoms with Crippen molar-refractivity contribution in [2.45, 2.75) is 50.3 Å². The van der Waals surface area contributed by atoms with Crippen LogP contribution in [-0.2, 0) is 10.5 Å². The molecular weight excluding hydrogens is 394 g/mol. The second-order valence-electron chi connectivity index (χ2n) is 6.19. The minimum atomic E-state index is -0.552. The molecule has 8 heteroatoms. The van der Waals surface area contributed by atoms with E-state index in [1.807, 2.05) is 24.3 Å². The van der Waals surface area contributed by atoms with Crippen molar-refractivity contribution in [1.82, 2.24) is 15.5 Å². The first-order valence-corrected chi connectivity index (χ1v) is 9.21. The highest BCUT2D eigenvalue weighted by atomic mass is 79.9. The van der Waals surface area contributed by atoms with Crippen LogP contribution in [0.25, 0.3) is 0 Å². The number of benzene rings is 1. The maximum absolute atomic E-state index is 11.8. The average Bonchev–Trinajstić information content (AvgIpc) is 2.92. The Kier molecular flexibility index (Phi) is 6.28. The lowest BCUT2D eigenvalue weighted by Gasteiger charge is -2.20. The summed E-state index contributed by atoms with van der Waals surface area (Å²) < 4.78 is 11.8. The number of rotatable bonds is 5. The summed E-state index contributed by atoms with van der Waals surface area (Å²) in [4.78, 5) is 11.8. The van der Waals surface area contributed by atoms with Gasteiger partial charge < -0.3 is 14.5 Å². The van der Waals surface area contributed by atoms with E-state index in [1.54, 1.807) is 27.7 Å². The van der Waals surface area contributed by atoms with Crippen molar-refractivity contribution in [2.75, 3.05) is 0 Å². The molecule has 24 heavy (non-hydrogen) atoms. The Hall–Kier alpha value is -1.54. The SMILES string of the molecule is C[C@H](NC(=O)OC(C)(C)C)c1nnc(SCc2cccc(Br)c2)o1. The third kappa shape index (κ3) is 6.16. The van der Waals surface area contributed by atoms with Gasteiger partial charge in [0, 0.05) is 10.2 Å². The van der Waals surface area contributed by atoms with Crippen LogP contribution in [-0.4, -0.2) is 21.9 Å². The summed E-state index contributed by atoms with van der Waals surface area (Å²) in [6.07, 6.45) is -0.517. The number of carbonyl (C=O) groups is 1. The fourth-order valence-corrected chi connectivity index (χ4v) is 2.93. The molecule has 1 amide bonds. The smallest absolute Gasteiger partial charge is 0.408 e. The Balaban J connectivity index is 1.89. The molecule has 2 aromatic rings. The van der Waals surface area contributed by atoms with Crippen LogP contribution in [0.3, 0.4) is 0 Å². The minimum Gasteiger partial charge on any atom is -0.444 e. The first kappa shape index (κ1) is 18.8. The maximum atomic E-state index is 11.8. The topological polar surface area (TPSA) is 77.2 Å². The first-order chi connectivity index (χ1) is 11.2. The molecule has 0 radical (unpaired) electrons. The molecule has 1 aromatic heterocycles. The van der Waals surface area contributed by atoms with E-state index in [1.165, 1.54) is 11.8 Å². The van der Waals surface area contributed by atoms with Gasteiger partial charge in [-0.15, -0.1) is 10.2 Å². The van der Waals surface area contributed by atoms with Crippen LogP contribution in [0, 0.1) is 0 Å². The van der Waals surface area contributed by atoms with Crippen LogP contribution >= 0.6 is 27.7 Å². The third-order valence-electron chi connectivity index (χ3n) is 2.78. The summed E-state index contributed by atoms with van der Waals surface area (Å²) >= 11 is 4.89. The fourth-order valence-electron chi connectivity index (χ4n) is 1.77. The van der Waals surface area contributed by atoms with Gasteiger partial charge >= 0.3 is 6.09 Å². The monoisotopic (exact) mass is 413 g/mol. The zero-order valence-electron chi connectivity index (χ0n) is 14.0. The molecule has 0 bridgehead atoms. The predicted molar refractivity (Wildman–Crippen MR) is 95.8 cm³/mol. The summed E-state index contributed by atoms with van der Waals surface area (Å²) in [5.41, 5.74) is 0.595. The number of hydrogen-bond donors (Lipinski definition) is 1. The van der Waals surface area contributed by atoms with E-state index in [0.717, 1.165) is 15.8 Å². The van der Waals surface area contributed by atoms with Crippen LogP contribution < -0.4 is 5.32 Å². The number of aromatic nitrogens is 2. The lowest BCUT2D eigenvalue weighted by atomic mass is 10.2. The number of ether oxygens (including phenoxy) is 1. The van der Waals surface area contributed by atoms with Gasteiger partial charge in [-0.25, -0.2) is 4.79 Å². The number of amides is 1. The fraction of sp³-hybridized carbons (Fsp3) is 0.438. The molecular formula is C16H20BrN3O3S. The molecule has 2 rings (SSSR count). The molecule has 130 valence electrons. The van der Waals surface area contributed by atoms with Crippen LogP contribution in [0.4, 0.5) is 4.79 Å². The molecule has 0 aliphatic carbocycles. The van der Waals surface area contributed by atoms with Crippen molar-refractivity contribution in [2.24, 2.45) is 0 Å². The van der Waals surface area contributed by atoms with Crippen molar-refractivity contribution in [3.05, 3.63) is 40.2 Å². The van der Waals surface area contributed by atoms with Gasteiger partial charge in [-0.05, 0) is 45.4 Å². The van der Waals surface area contributed by atoms with Crippen molar-refractivity contribution < 1.29 is 13.9 Å². The predicted octanol–water partition coefficient (Wildman–Crippen LogP) is 4.71. The quantitative estimate of drug-likeness (QED) is 0.714. The number of alkyl carbamates (subject to hydrolysis) is 1. The molecule has 0 spiro atoms. The minimum absolute atomic E-state index is 0.345. The standard InChI is InChI=1S/C16H20BrN3O3S/c1-10(18-14(21)23-16(2,3)4)13-19-20-15(22-13)24-9-11-6-5-7-12(17)8-11/h5-8,10H,9H2,1-4H3,(H,18,21)/t10-/m0/s1. The molecule has 0 saturated heterocycles. The third-order valence-corrected chi connectivity index (χ3v) is 4.16. The van der Waals surface area contributed by atoms with Gasteiger partial charge in [0.15, 0.2) is 0 Å². The average molecular weight is 414 g/mol. The number of hydrogen-bond acceptors (Lipinski definition) is 6. The van der Waals surface area contributed by atoms with E-state index >= 15 is 0 Å². The Morgan fingerprint density at radius 3 is 2.83 bits per heavy atom. The molecule has 1 atom stereocenters. The molecule has 0 aliphatic rings.